The van der Waals surface area contributed by atoms with Crippen LogP contribution in [0, 0.1) is 27.7 Å². The number of aryl methyl sites for hydroxylation is 3. The van der Waals surface area contributed by atoms with E-state index >= 15 is 0 Å². The standard InChI is InChI=1S/C20H22N4O2S2/c1-10-6-7-15(8-11(10)2)22-19-23-24-20(28-19)27-9-16(26)18-12(3)17(14(5)25)13(4)21-18/h6-8,21H,9H2,1-5H3,(H,22,23). The van der Waals surface area contributed by atoms with Gasteiger partial charge in [0, 0.05) is 16.9 Å². The van der Waals surface area contributed by atoms with Gasteiger partial charge in [0.05, 0.1) is 11.4 Å². The number of carbonyl (C=O) groups is 2. The molecule has 3 rings (SSSR count). The molecule has 8 heteroatoms. The number of anilines is 2. The van der Waals surface area contributed by atoms with Crippen molar-refractivity contribution in [3.8, 4) is 0 Å². The van der Waals surface area contributed by atoms with E-state index in [1.54, 1.807) is 6.92 Å². The molecule has 0 aliphatic rings. The van der Waals surface area contributed by atoms with Gasteiger partial charge in [0.1, 0.15) is 0 Å². The van der Waals surface area contributed by atoms with Crippen LogP contribution in [0.15, 0.2) is 22.5 Å². The summed E-state index contributed by atoms with van der Waals surface area (Å²) in [6.07, 6.45) is 0. The zero-order valence-electron chi connectivity index (χ0n) is 16.5. The molecule has 0 amide bonds. The first-order valence-corrected chi connectivity index (χ1v) is 10.6. The summed E-state index contributed by atoms with van der Waals surface area (Å²) < 4.78 is 0.715. The number of rotatable bonds is 7. The fraction of sp³-hybridized carbons (Fsp3) is 0.300. The quantitative estimate of drug-likeness (QED) is 0.417. The number of Topliss-reactive ketones (excluding diaryl/α,β-unsaturated/α-hetero) is 2. The van der Waals surface area contributed by atoms with Crippen molar-refractivity contribution in [1.82, 2.24) is 15.2 Å². The zero-order valence-corrected chi connectivity index (χ0v) is 18.1. The third-order valence-corrected chi connectivity index (χ3v) is 6.53. The second-order valence-electron chi connectivity index (χ2n) is 6.69. The first kappa shape index (κ1) is 20.3. The van der Waals surface area contributed by atoms with E-state index < -0.39 is 0 Å². The molecule has 0 fully saturated rings. The zero-order chi connectivity index (χ0) is 20.4. The molecule has 2 N–H and O–H groups in total. The molecule has 1 aromatic carbocycles. The molecule has 2 aromatic heterocycles. The van der Waals surface area contributed by atoms with Crippen LogP contribution < -0.4 is 5.32 Å². The number of thioether (sulfide) groups is 1. The number of ketones is 2. The molecule has 0 spiro atoms. The fourth-order valence-corrected chi connectivity index (χ4v) is 4.66. The summed E-state index contributed by atoms with van der Waals surface area (Å²) in [5, 5.41) is 12.2. The first-order valence-electron chi connectivity index (χ1n) is 8.80. The van der Waals surface area contributed by atoms with Crippen molar-refractivity contribution in [3.63, 3.8) is 0 Å². The van der Waals surface area contributed by atoms with E-state index in [0.717, 1.165) is 11.4 Å². The summed E-state index contributed by atoms with van der Waals surface area (Å²) in [4.78, 5) is 27.4. The van der Waals surface area contributed by atoms with Gasteiger partial charge < -0.3 is 10.3 Å². The fourth-order valence-electron chi connectivity index (χ4n) is 3.02. The van der Waals surface area contributed by atoms with Crippen molar-refractivity contribution in [2.45, 2.75) is 39.0 Å². The molecule has 3 aromatic rings. The van der Waals surface area contributed by atoms with Crippen LogP contribution in [0.5, 0.6) is 0 Å². The van der Waals surface area contributed by atoms with Gasteiger partial charge in [-0.25, -0.2) is 0 Å². The lowest BCUT2D eigenvalue weighted by Crippen LogP contribution is -2.05. The molecule has 0 unspecified atom stereocenters. The Kier molecular flexibility index (Phi) is 6.00. The molecule has 146 valence electrons. The lowest BCUT2D eigenvalue weighted by Gasteiger charge is -2.05. The van der Waals surface area contributed by atoms with E-state index in [4.69, 9.17) is 0 Å². The summed E-state index contributed by atoms with van der Waals surface area (Å²) in [5.74, 6) is 0.136. The van der Waals surface area contributed by atoms with Crippen LogP contribution in [-0.2, 0) is 0 Å². The third kappa shape index (κ3) is 4.34. The number of aromatic nitrogens is 3. The molecule has 6 nitrogen and oxygen atoms in total. The van der Waals surface area contributed by atoms with Gasteiger partial charge in [-0.3, -0.25) is 9.59 Å². The van der Waals surface area contributed by atoms with Crippen LogP contribution in [0.3, 0.4) is 0 Å². The Hall–Kier alpha value is -2.45. The van der Waals surface area contributed by atoms with Crippen LogP contribution in [-0.4, -0.2) is 32.5 Å². The summed E-state index contributed by atoms with van der Waals surface area (Å²) in [5.41, 5.74) is 5.94. The Labute approximate surface area is 172 Å². The normalized spacial score (nSPS) is 10.9. The van der Waals surface area contributed by atoms with E-state index in [2.05, 4.69) is 46.5 Å². The summed E-state index contributed by atoms with van der Waals surface area (Å²) >= 11 is 2.75. The number of carbonyl (C=O) groups excluding carboxylic acids is 2. The second kappa shape index (κ2) is 8.28. The third-order valence-electron chi connectivity index (χ3n) is 4.56. The van der Waals surface area contributed by atoms with Crippen molar-refractivity contribution >= 4 is 45.5 Å². The van der Waals surface area contributed by atoms with Gasteiger partial charge in [-0.05, 0) is 63.4 Å². The molecule has 0 bridgehead atoms. The molecule has 0 aliphatic heterocycles. The van der Waals surface area contributed by atoms with Gasteiger partial charge >= 0.3 is 0 Å². The van der Waals surface area contributed by atoms with E-state index in [1.807, 2.05) is 13.0 Å². The Morgan fingerprint density at radius 2 is 1.89 bits per heavy atom. The van der Waals surface area contributed by atoms with Crippen molar-refractivity contribution in [2.24, 2.45) is 0 Å². The maximum atomic E-state index is 12.6. The van der Waals surface area contributed by atoms with Gasteiger partial charge in [0.2, 0.25) is 5.13 Å². The molecule has 28 heavy (non-hydrogen) atoms. The second-order valence-corrected chi connectivity index (χ2v) is 8.89. The average molecular weight is 415 g/mol. The highest BCUT2D eigenvalue weighted by Crippen LogP contribution is 2.29. The minimum atomic E-state index is -0.0584. The molecule has 2 heterocycles. The van der Waals surface area contributed by atoms with E-state index in [9.17, 15) is 9.59 Å². The van der Waals surface area contributed by atoms with Crippen LogP contribution in [0.25, 0.3) is 0 Å². The number of hydrogen-bond donors (Lipinski definition) is 2. The number of aromatic amines is 1. The Bertz CT molecular complexity index is 1050. The largest absolute Gasteiger partial charge is 0.355 e. The Morgan fingerprint density at radius 1 is 1.14 bits per heavy atom. The average Bonchev–Trinajstić information content (AvgIpc) is 3.19. The first-order chi connectivity index (χ1) is 13.3. The summed E-state index contributed by atoms with van der Waals surface area (Å²) in [6.45, 7) is 9.26. The van der Waals surface area contributed by atoms with Gasteiger partial charge in [0.15, 0.2) is 15.9 Å². The van der Waals surface area contributed by atoms with Crippen LogP contribution in [0.1, 0.15) is 50.2 Å². The van der Waals surface area contributed by atoms with E-state index in [0.29, 0.717) is 26.3 Å². The molecular formula is C20H22N4O2S2. The highest BCUT2D eigenvalue weighted by Gasteiger charge is 2.20. The maximum absolute atomic E-state index is 12.6. The molecule has 0 aliphatic carbocycles. The summed E-state index contributed by atoms with van der Waals surface area (Å²) in [6, 6.07) is 6.13. The number of nitrogens with zero attached hydrogens (tertiary/aromatic N) is 2. The molecular weight excluding hydrogens is 392 g/mol. The predicted octanol–water partition coefficient (Wildman–Crippen LogP) is 5.02. The van der Waals surface area contributed by atoms with Crippen molar-refractivity contribution in [2.75, 3.05) is 11.1 Å². The highest BCUT2D eigenvalue weighted by atomic mass is 32.2. The maximum Gasteiger partial charge on any atom is 0.210 e. The lowest BCUT2D eigenvalue weighted by atomic mass is 10.1. The summed E-state index contributed by atoms with van der Waals surface area (Å²) in [7, 11) is 0. The SMILES string of the molecule is CC(=O)c1c(C)[nH]c(C(=O)CSc2nnc(Nc3ccc(C)c(C)c3)s2)c1C. The van der Waals surface area contributed by atoms with Crippen LogP contribution in [0.2, 0.25) is 0 Å². The van der Waals surface area contributed by atoms with Crippen molar-refractivity contribution in [1.29, 1.82) is 0 Å². The van der Waals surface area contributed by atoms with Gasteiger partial charge in [-0.1, -0.05) is 29.2 Å². The Morgan fingerprint density at radius 3 is 2.54 bits per heavy atom. The molecule has 0 atom stereocenters. The molecule has 0 radical (unpaired) electrons. The smallest absolute Gasteiger partial charge is 0.210 e. The van der Waals surface area contributed by atoms with Crippen molar-refractivity contribution in [3.05, 3.63) is 51.8 Å². The Balaban J connectivity index is 1.64. The van der Waals surface area contributed by atoms with Crippen LogP contribution in [0.4, 0.5) is 10.8 Å². The van der Waals surface area contributed by atoms with Crippen molar-refractivity contribution < 1.29 is 9.59 Å². The van der Waals surface area contributed by atoms with Gasteiger partial charge in [-0.15, -0.1) is 10.2 Å². The van der Waals surface area contributed by atoms with E-state index in [1.165, 1.54) is 41.1 Å². The minimum Gasteiger partial charge on any atom is -0.355 e. The highest BCUT2D eigenvalue weighted by molar-refractivity contribution is 8.01. The predicted molar refractivity (Wildman–Crippen MR) is 114 cm³/mol. The molecule has 0 saturated heterocycles. The topological polar surface area (TPSA) is 87.7 Å². The number of benzene rings is 1. The number of H-pyrrole nitrogens is 1. The number of hydrogen-bond acceptors (Lipinski definition) is 7. The molecule has 0 saturated carbocycles. The van der Waals surface area contributed by atoms with Crippen LogP contribution >= 0.6 is 23.1 Å². The van der Waals surface area contributed by atoms with Gasteiger partial charge in [-0.2, -0.15) is 0 Å². The lowest BCUT2D eigenvalue weighted by molar-refractivity contribution is 0.101. The monoisotopic (exact) mass is 414 g/mol. The minimum absolute atomic E-state index is 0.0378. The number of nitrogens with one attached hydrogen (secondary N) is 2. The van der Waals surface area contributed by atoms with Gasteiger partial charge in [0.25, 0.3) is 0 Å². The van der Waals surface area contributed by atoms with E-state index in [-0.39, 0.29) is 17.3 Å².